The molecular weight excluding hydrogens is 216 g/mol. The number of ketones is 1. The van der Waals surface area contributed by atoms with Crippen LogP contribution in [-0.2, 0) is 22.4 Å². The van der Waals surface area contributed by atoms with Gasteiger partial charge in [0.2, 0.25) is 0 Å². The van der Waals surface area contributed by atoms with Crippen LogP contribution in [0.25, 0.3) is 0 Å². The molecule has 17 heavy (non-hydrogen) atoms. The monoisotopic (exact) mass is 234 g/mol. The minimum Gasteiger partial charge on any atom is -0.469 e. The van der Waals surface area contributed by atoms with Crippen molar-refractivity contribution in [1.29, 1.82) is 0 Å². The van der Waals surface area contributed by atoms with Crippen LogP contribution >= 0.6 is 0 Å². The molecule has 0 aliphatic carbocycles. The fourth-order valence-corrected chi connectivity index (χ4v) is 1.64. The van der Waals surface area contributed by atoms with Crippen molar-refractivity contribution in [3.8, 4) is 0 Å². The number of rotatable bonds is 5. The molecule has 1 aromatic rings. The Kier molecular flexibility index (Phi) is 4.88. The molecule has 0 fully saturated rings. The Hall–Kier alpha value is -1.64. The molecule has 1 aromatic carbocycles. The quantitative estimate of drug-likeness (QED) is 0.447. The van der Waals surface area contributed by atoms with Gasteiger partial charge in [0, 0.05) is 5.56 Å². The van der Waals surface area contributed by atoms with Gasteiger partial charge in [0.25, 0.3) is 0 Å². The largest absolute Gasteiger partial charge is 0.469 e. The maximum Gasteiger partial charge on any atom is 0.313 e. The first kappa shape index (κ1) is 13.4. The summed E-state index contributed by atoms with van der Waals surface area (Å²) < 4.78 is 4.50. The average Bonchev–Trinajstić information content (AvgIpc) is 2.37. The van der Waals surface area contributed by atoms with Crippen molar-refractivity contribution in [3.63, 3.8) is 0 Å². The summed E-state index contributed by atoms with van der Waals surface area (Å²) in [5, 5.41) is 0. The smallest absolute Gasteiger partial charge is 0.313 e. The van der Waals surface area contributed by atoms with Gasteiger partial charge in [-0.3, -0.25) is 9.59 Å². The highest BCUT2D eigenvalue weighted by atomic mass is 16.5. The first-order valence-electron chi connectivity index (χ1n) is 5.83. The summed E-state index contributed by atoms with van der Waals surface area (Å²) in [4.78, 5) is 22.9. The molecule has 0 saturated carbocycles. The van der Waals surface area contributed by atoms with Gasteiger partial charge in [-0.15, -0.1) is 0 Å². The van der Waals surface area contributed by atoms with Crippen LogP contribution in [0, 0.1) is 0 Å². The summed E-state index contributed by atoms with van der Waals surface area (Å²) in [5.74, 6) is -0.670. The molecule has 0 spiro atoms. The first-order chi connectivity index (χ1) is 8.10. The Morgan fingerprint density at radius 3 is 2.00 bits per heavy atom. The summed E-state index contributed by atoms with van der Waals surface area (Å²) in [6, 6.07) is 5.80. The van der Waals surface area contributed by atoms with Crippen molar-refractivity contribution in [3.05, 3.63) is 34.9 Å². The van der Waals surface area contributed by atoms with E-state index in [1.165, 1.54) is 7.11 Å². The van der Waals surface area contributed by atoms with E-state index < -0.39 is 5.97 Å². The normalized spacial score (nSPS) is 10.1. The fraction of sp³-hybridized carbons (Fsp3) is 0.429. The molecule has 3 heteroatoms. The van der Waals surface area contributed by atoms with Gasteiger partial charge in [-0.05, 0) is 36.1 Å². The van der Waals surface area contributed by atoms with Crippen LogP contribution in [0.1, 0.15) is 41.8 Å². The SMILES string of the molecule is CCc1cc(CC)cc(C(=O)CC(=O)OC)c1. The number of esters is 1. The number of carbonyl (C=O) groups is 2. The van der Waals surface area contributed by atoms with E-state index in [4.69, 9.17) is 0 Å². The summed E-state index contributed by atoms with van der Waals surface area (Å²) in [6.45, 7) is 4.09. The molecule has 0 aliphatic heterocycles. The third kappa shape index (κ3) is 3.70. The first-order valence-corrected chi connectivity index (χ1v) is 5.83. The number of benzene rings is 1. The molecule has 0 aliphatic rings. The molecule has 0 N–H and O–H groups in total. The second kappa shape index (κ2) is 6.18. The number of carbonyl (C=O) groups excluding carboxylic acids is 2. The van der Waals surface area contributed by atoms with Gasteiger partial charge in [-0.1, -0.05) is 19.9 Å². The molecule has 0 bridgehead atoms. The van der Waals surface area contributed by atoms with E-state index in [0.717, 1.165) is 24.0 Å². The van der Waals surface area contributed by atoms with Gasteiger partial charge in [-0.25, -0.2) is 0 Å². The van der Waals surface area contributed by atoms with Gasteiger partial charge in [0.05, 0.1) is 7.11 Å². The molecule has 3 nitrogen and oxygen atoms in total. The molecule has 0 amide bonds. The maximum atomic E-state index is 11.8. The highest BCUT2D eigenvalue weighted by Gasteiger charge is 2.13. The predicted octanol–water partition coefficient (Wildman–Crippen LogP) is 2.56. The summed E-state index contributed by atoms with van der Waals surface area (Å²) in [6.07, 6.45) is 1.57. The van der Waals surface area contributed by atoms with Gasteiger partial charge < -0.3 is 4.74 Å². The number of aryl methyl sites for hydroxylation is 2. The van der Waals surface area contributed by atoms with Crippen molar-refractivity contribution >= 4 is 11.8 Å². The van der Waals surface area contributed by atoms with Crippen molar-refractivity contribution in [2.45, 2.75) is 33.1 Å². The van der Waals surface area contributed by atoms with E-state index in [2.05, 4.69) is 10.8 Å². The van der Waals surface area contributed by atoms with E-state index in [1.807, 2.05) is 26.0 Å². The van der Waals surface area contributed by atoms with Crippen molar-refractivity contribution in [2.24, 2.45) is 0 Å². The van der Waals surface area contributed by atoms with Gasteiger partial charge in [-0.2, -0.15) is 0 Å². The molecule has 0 heterocycles. The van der Waals surface area contributed by atoms with E-state index in [9.17, 15) is 9.59 Å². The van der Waals surface area contributed by atoms with E-state index in [1.54, 1.807) is 0 Å². The number of Topliss-reactive ketones (excluding diaryl/α,β-unsaturated/α-hetero) is 1. The molecular formula is C14H18O3. The lowest BCUT2D eigenvalue weighted by molar-refractivity contribution is -0.139. The number of hydrogen-bond acceptors (Lipinski definition) is 3. The Morgan fingerprint density at radius 2 is 1.59 bits per heavy atom. The molecule has 0 saturated heterocycles. The lowest BCUT2D eigenvalue weighted by atomic mass is 9.99. The molecule has 0 aromatic heterocycles. The number of methoxy groups -OCH3 is 1. The highest BCUT2D eigenvalue weighted by molar-refractivity contribution is 6.06. The second-order valence-electron chi connectivity index (χ2n) is 3.92. The zero-order chi connectivity index (χ0) is 12.8. The molecule has 0 atom stereocenters. The van der Waals surface area contributed by atoms with Crippen molar-refractivity contribution in [1.82, 2.24) is 0 Å². The van der Waals surface area contributed by atoms with Crippen LogP contribution in [0.5, 0.6) is 0 Å². The van der Waals surface area contributed by atoms with E-state index >= 15 is 0 Å². The van der Waals surface area contributed by atoms with Gasteiger partial charge >= 0.3 is 5.97 Å². The van der Waals surface area contributed by atoms with Crippen LogP contribution in [0.15, 0.2) is 18.2 Å². The van der Waals surface area contributed by atoms with Crippen LogP contribution in [0.3, 0.4) is 0 Å². The third-order valence-corrected chi connectivity index (χ3v) is 2.72. The Balaban J connectivity index is 2.96. The zero-order valence-corrected chi connectivity index (χ0v) is 10.6. The Labute approximate surface area is 102 Å². The molecule has 92 valence electrons. The zero-order valence-electron chi connectivity index (χ0n) is 10.6. The molecule has 0 unspecified atom stereocenters. The summed E-state index contributed by atoms with van der Waals surface area (Å²) in [7, 11) is 1.29. The predicted molar refractivity (Wildman–Crippen MR) is 66.2 cm³/mol. The minimum absolute atomic E-state index is 0.179. The standard InChI is InChI=1S/C14H18O3/c1-4-10-6-11(5-2)8-12(7-10)13(15)9-14(16)17-3/h6-8H,4-5,9H2,1-3H3. The Morgan fingerprint density at radius 1 is 1.06 bits per heavy atom. The third-order valence-electron chi connectivity index (χ3n) is 2.72. The number of ether oxygens (including phenoxy) is 1. The van der Waals surface area contributed by atoms with Crippen LogP contribution < -0.4 is 0 Å². The van der Waals surface area contributed by atoms with Gasteiger partial charge in [0.15, 0.2) is 5.78 Å². The Bertz CT molecular complexity index is 399. The maximum absolute atomic E-state index is 11.8. The average molecular weight is 234 g/mol. The highest BCUT2D eigenvalue weighted by Crippen LogP contribution is 2.14. The number of hydrogen-bond donors (Lipinski definition) is 0. The van der Waals surface area contributed by atoms with E-state index in [0.29, 0.717) is 5.56 Å². The van der Waals surface area contributed by atoms with Crippen LogP contribution in [0.4, 0.5) is 0 Å². The second-order valence-corrected chi connectivity index (χ2v) is 3.92. The topological polar surface area (TPSA) is 43.4 Å². The fourth-order valence-electron chi connectivity index (χ4n) is 1.64. The lowest BCUT2D eigenvalue weighted by Crippen LogP contribution is -2.10. The van der Waals surface area contributed by atoms with Crippen molar-refractivity contribution < 1.29 is 14.3 Å². The van der Waals surface area contributed by atoms with Crippen molar-refractivity contribution in [2.75, 3.05) is 7.11 Å². The lowest BCUT2D eigenvalue weighted by Gasteiger charge is -2.06. The van der Waals surface area contributed by atoms with Gasteiger partial charge in [0.1, 0.15) is 6.42 Å². The molecule has 0 radical (unpaired) electrons. The summed E-state index contributed by atoms with van der Waals surface area (Å²) >= 11 is 0. The summed E-state index contributed by atoms with van der Waals surface area (Å²) in [5.41, 5.74) is 2.85. The van der Waals surface area contributed by atoms with E-state index in [-0.39, 0.29) is 12.2 Å². The van der Waals surface area contributed by atoms with Crippen LogP contribution in [0.2, 0.25) is 0 Å². The molecule has 1 rings (SSSR count). The van der Waals surface area contributed by atoms with Crippen LogP contribution in [-0.4, -0.2) is 18.9 Å². The minimum atomic E-state index is -0.491.